The third-order valence-electron chi connectivity index (χ3n) is 13.3. The fourth-order valence-corrected chi connectivity index (χ4v) is 10.2. The number of aliphatic imine (C=N–C) groups is 2. The Balaban J connectivity index is 0.933. The smallest absolute Gasteiger partial charge is 0.159 e. The van der Waals surface area contributed by atoms with E-state index in [0.29, 0.717) is 5.84 Å². The van der Waals surface area contributed by atoms with E-state index < -0.39 is 0 Å². The van der Waals surface area contributed by atoms with Crippen molar-refractivity contribution in [3.8, 4) is 27.9 Å². The molecule has 0 saturated carbocycles. The molecule has 65 heavy (non-hydrogen) atoms. The molecule has 0 bridgehead atoms. The maximum Gasteiger partial charge on any atom is 0.159 e. The molecule has 0 saturated heterocycles. The third kappa shape index (κ3) is 6.23. The highest BCUT2D eigenvalue weighted by Gasteiger charge is 2.31. The highest BCUT2D eigenvalue weighted by molar-refractivity contribution is 6.16. The number of benzene rings is 10. The van der Waals surface area contributed by atoms with Gasteiger partial charge in [-0.15, -0.1) is 0 Å². The van der Waals surface area contributed by atoms with Crippen molar-refractivity contribution in [1.82, 2.24) is 9.88 Å². The second-order valence-electron chi connectivity index (χ2n) is 17.0. The van der Waals surface area contributed by atoms with Crippen LogP contribution in [0.3, 0.4) is 0 Å². The van der Waals surface area contributed by atoms with Gasteiger partial charge >= 0.3 is 0 Å². The molecule has 0 amide bonds. The number of para-hydroxylation sites is 3. The van der Waals surface area contributed by atoms with Crippen LogP contribution in [0.5, 0.6) is 0 Å². The molecular weight excluding hydrogens is 791 g/mol. The summed E-state index contributed by atoms with van der Waals surface area (Å²) in [4.78, 5) is 10.5. The lowest BCUT2D eigenvalue weighted by atomic mass is 9.82. The topological polar surface area (TPSA) is 53.7 Å². The predicted octanol–water partition coefficient (Wildman–Crippen LogP) is 14.4. The predicted molar refractivity (Wildman–Crippen MR) is 270 cm³/mol. The van der Waals surface area contributed by atoms with E-state index in [4.69, 9.17) is 9.98 Å². The van der Waals surface area contributed by atoms with Gasteiger partial charge in [0.05, 0.1) is 22.8 Å². The van der Waals surface area contributed by atoms with Gasteiger partial charge in [-0.1, -0.05) is 188 Å². The van der Waals surface area contributed by atoms with Gasteiger partial charge in [0, 0.05) is 38.7 Å². The molecule has 5 nitrogen and oxygen atoms in total. The van der Waals surface area contributed by atoms with E-state index in [1.807, 2.05) is 0 Å². The van der Waals surface area contributed by atoms with Gasteiger partial charge in [-0.05, 0) is 85.8 Å². The summed E-state index contributed by atoms with van der Waals surface area (Å²) in [5, 5.41) is 15.1. The Morgan fingerprint density at radius 1 is 0.415 bits per heavy atom. The van der Waals surface area contributed by atoms with Gasteiger partial charge in [0.25, 0.3) is 0 Å². The molecule has 2 unspecified atom stereocenters. The van der Waals surface area contributed by atoms with Crippen LogP contribution in [0.15, 0.2) is 234 Å². The summed E-state index contributed by atoms with van der Waals surface area (Å²) in [5.74, 6) is 1.50. The minimum absolute atomic E-state index is 0.0862. The molecule has 2 N–H and O–H groups in total. The lowest BCUT2D eigenvalue weighted by Gasteiger charge is -2.33. The molecule has 0 aliphatic carbocycles. The summed E-state index contributed by atoms with van der Waals surface area (Å²) < 4.78 is 2.41. The Hall–Kier alpha value is -8.54. The van der Waals surface area contributed by atoms with Gasteiger partial charge in [-0.2, -0.15) is 0 Å². The lowest BCUT2D eigenvalue weighted by Crippen LogP contribution is -2.33. The number of hydrogen-bond donors (Lipinski definition) is 2. The number of anilines is 1. The van der Waals surface area contributed by atoms with Gasteiger partial charge < -0.3 is 15.2 Å². The van der Waals surface area contributed by atoms with Gasteiger partial charge in [-0.25, -0.2) is 9.98 Å². The molecule has 2 aliphatic rings. The fourth-order valence-electron chi connectivity index (χ4n) is 10.2. The van der Waals surface area contributed by atoms with Crippen LogP contribution in [0.2, 0.25) is 0 Å². The van der Waals surface area contributed by atoms with E-state index in [1.165, 1.54) is 65.6 Å². The van der Waals surface area contributed by atoms with Crippen molar-refractivity contribution in [3.05, 3.63) is 252 Å². The number of hydrogen-bond acceptors (Lipinski definition) is 4. The molecule has 10 aromatic carbocycles. The number of nitrogens with one attached hydrogen (secondary N) is 2. The fraction of sp³-hybridized carbons (Fsp3) is 0.0333. The van der Waals surface area contributed by atoms with E-state index >= 15 is 0 Å². The average Bonchev–Trinajstić information content (AvgIpc) is 3.73. The first-order valence-corrected chi connectivity index (χ1v) is 22.3. The number of amidine groups is 2. The van der Waals surface area contributed by atoms with E-state index in [2.05, 4.69) is 240 Å². The van der Waals surface area contributed by atoms with Crippen molar-refractivity contribution >= 4 is 60.7 Å². The average molecular weight is 832 g/mol. The molecule has 306 valence electrons. The minimum Gasteiger partial charge on any atom is -0.373 e. The van der Waals surface area contributed by atoms with Crippen LogP contribution < -0.4 is 10.6 Å². The van der Waals surface area contributed by atoms with Crippen molar-refractivity contribution < 1.29 is 0 Å². The Kier molecular flexibility index (Phi) is 8.59. The Morgan fingerprint density at radius 2 is 1.06 bits per heavy atom. The largest absolute Gasteiger partial charge is 0.373 e. The summed E-state index contributed by atoms with van der Waals surface area (Å²) >= 11 is 0. The summed E-state index contributed by atoms with van der Waals surface area (Å²) in [6.07, 6.45) is -0.318. The van der Waals surface area contributed by atoms with Gasteiger partial charge in [0.1, 0.15) is 12.0 Å². The molecule has 11 aromatic rings. The molecule has 5 heteroatoms. The summed E-state index contributed by atoms with van der Waals surface area (Å²) in [6.45, 7) is 0. The van der Waals surface area contributed by atoms with E-state index in [1.54, 1.807) is 0 Å². The summed E-state index contributed by atoms with van der Waals surface area (Å²) in [6, 6.07) is 80.5. The van der Waals surface area contributed by atoms with Gasteiger partial charge in [0.15, 0.2) is 5.84 Å². The number of rotatable bonds is 6. The van der Waals surface area contributed by atoms with Crippen molar-refractivity contribution in [1.29, 1.82) is 0 Å². The van der Waals surface area contributed by atoms with Crippen molar-refractivity contribution in [3.63, 3.8) is 0 Å². The highest BCUT2D eigenvalue weighted by atomic mass is 15.2. The van der Waals surface area contributed by atoms with Crippen molar-refractivity contribution in [2.45, 2.75) is 12.2 Å². The Morgan fingerprint density at radius 3 is 1.86 bits per heavy atom. The quantitative estimate of drug-likeness (QED) is 0.175. The SMILES string of the molecule is c1ccc(C2Nc3c(-c4ccc(C5=NC(c6ccc7ccccc7c6)NC(c6ccc7ccccc7c6)=N5)cc4)cccc3-c3ccc4c(c32)c2ccccc2n4-c2ccccc2)cc1. The van der Waals surface area contributed by atoms with Crippen LogP contribution in [-0.2, 0) is 0 Å². The normalized spacial score (nSPS) is 15.5. The summed E-state index contributed by atoms with van der Waals surface area (Å²) in [7, 11) is 0. The van der Waals surface area contributed by atoms with Crippen LogP contribution in [0.4, 0.5) is 5.69 Å². The van der Waals surface area contributed by atoms with Gasteiger partial charge in [-0.3, -0.25) is 0 Å². The van der Waals surface area contributed by atoms with Crippen LogP contribution >= 0.6 is 0 Å². The first kappa shape index (κ1) is 37.1. The van der Waals surface area contributed by atoms with E-state index in [9.17, 15) is 0 Å². The number of aromatic nitrogens is 1. The lowest BCUT2D eigenvalue weighted by molar-refractivity contribution is 0.675. The highest BCUT2D eigenvalue weighted by Crippen LogP contribution is 2.51. The van der Waals surface area contributed by atoms with E-state index in [0.717, 1.165) is 45.0 Å². The molecule has 0 fully saturated rings. The first-order chi connectivity index (χ1) is 32.2. The standard InChI is InChI=1S/C60H41N5/c1-3-16-41(17-4-1)56-55-49(34-35-53-54(55)51-22-11-12-25-52(51)65(53)47-20-5-2-6-21-47)50-24-13-23-48(57(50)61-56)40-28-30-42(31-29-40)58-62-59(45-32-26-38-14-7-9-18-43(38)36-45)64-60(63-58)46-33-27-39-15-8-10-19-44(39)37-46/h1-37,56,59,61H,(H,62,63,64). The molecule has 0 radical (unpaired) electrons. The Labute approximate surface area is 376 Å². The third-order valence-corrected chi connectivity index (χ3v) is 13.3. The summed E-state index contributed by atoms with van der Waals surface area (Å²) in [5.41, 5.74) is 15.0. The second kappa shape index (κ2) is 15.1. The Bertz CT molecular complexity index is 3720. The zero-order valence-corrected chi connectivity index (χ0v) is 35.4. The monoisotopic (exact) mass is 831 g/mol. The molecule has 2 aliphatic heterocycles. The van der Waals surface area contributed by atoms with Crippen molar-refractivity contribution in [2.75, 3.05) is 5.32 Å². The van der Waals surface area contributed by atoms with Crippen LogP contribution in [0, 0.1) is 0 Å². The van der Waals surface area contributed by atoms with Gasteiger partial charge in [0.2, 0.25) is 0 Å². The van der Waals surface area contributed by atoms with Crippen LogP contribution in [0.1, 0.15) is 40.0 Å². The van der Waals surface area contributed by atoms with Crippen molar-refractivity contribution in [2.24, 2.45) is 9.98 Å². The second-order valence-corrected chi connectivity index (χ2v) is 17.0. The molecule has 13 rings (SSSR count). The molecule has 0 spiro atoms. The number of fused-ring (bicyclic) bond motifs is 9. The van der Waals surface area contributed by atoms with E-state index in [-0.39, 0.29) is 12.2 Å². The minimum atomic E-state index is -0.318. The number of nitrogens with zero attached hydrogens (tertiary/aromatic N) is 3. The van der Waals surface area contributed by atoms with Crippen LogP contribution in [0.25, 0.3) is 71.3 Å². The molecule has 3 heterocycles. The molecular formula is C60H41N5. The molecule has 2 atom stereocenters. The first-order valence-electron chi connectivity index (χ1n) is 22.3. The van der Waals surface area contributed by atoms with Crippen LogP contribution in [-0.4, -0.2) is 16.2 Å². The maximum absolute atomic E-state index is 5.28. The zero-order valence-electron chi connectivity index (χ0n) is 35.4. The maximum atomic E-state index is 5.28. The zero-order chi connectivity index (χ0) is 42.8. The molecule has 1 aromatic heterocycles.